The lowest BCUT2D eigenvalue weighted by molar-refractivity contribution is -0.558. The molecule has 9 heteroatoms. The Hall–Kier alpha value is -2.21. The van der Waals surface area contributed by atoms with Gasteiger partial charge in [0.15, 0.2) is 13.1 Å². The van der Waals surface area contributed by atoms with Gasteiger partial charge >= 0.3 is 0 Å². The minimum Gasteiger partial charge on any atom is -0.221 e. The summed E-state index contributed by atoms with van der Waals surface area (Å²) in [5.74, 6) is 0. The molecule has 0 heterocycles. The molecule has 0 aromatic heterocycles. The van der Waals surface area contributed by atoms with Crippen molar-refractivity contribution in [3.8, 4) is 0 Å². The predicted molar refractivity (Wildman–Crippen MR) is 114 cm³/mol. The maximum absolute atomic E-state index is 8.27. The summed E-state index contributed by atoms with van der Waals surface area (Å²) in [4.78, 5) is 1.62. The third-order valence-electron chi connectivity index (χ3n) is 4.22. The Balaban J connectivity index is 1.78. The fraction of sp³-hybridized carbons (Fsp3) is 0.0952. The molecule has 0 amide bonds. The summed E-state index contributed by atoms with van der Waals surface area (Å²) in [5, 5.41) is 23.8. The van der Waals surface area contributed by atoms with Crippen LogP contribution < -0.4 is 0 Å². The van der Waals surface area contributed by atoms with Gasteiger partial charge in [0, 0.05) is 33.1 Å². The van der Waals surface area contributed by atoms with E-state index >= 15 is 0 Å². The van der Waals surface area contributed by atoms with Crippen LogP contribution in [0, 0.1) is 0 Å². The van der Waals surface area contributed by atoms with E-state index in [-0.39, 0.29) is 0 Å². The van der Waals surface area contributed by atoms with E-state index in [1.807, 2.05) is 60.7 Å². The van der Waals surface area contributed by atoms with E-state index in [4.69, 9.17) is 10.5 Å². The third-order valence-corrected chi connectivity index (χ3v) is 5.40. The first-order valence-electron chi connectivity index (χ1n) is 8.82. The molecule has 1 aliphatic rings. The monoisotopic (exact) mass is 446 g/mol. The van der Waals surface area contributed by atoms with E-state index < -0.39 is 0 Å². The highest BCUT2D eigenvalue weighted by molar-refractivity contribution is 7.94. The van der Waals surface area contributed by atoms with Crippen LogP contribution in [-0.4, -0.2) is 20.8 Å². The summed E-state index contributed by atoms with van der Waals surface area (Å²) in [6.45, 7) is 5.34. The Morgan fingerprint density at radius 2 is 1.13 bits per heavy atom. The summed E-state index contributed by atoms with van der Waals surface area (Å²) >= 11 is 1.85. The molecule has 30 heavy (non-hydrogen) atoms. The average Bonchev–Trinajstić information content (AvgIpc) is 2.78. The number of benzene rings is 2. The zero-order valence-corrected chi connectivity index (χ0v) is 17.5. The zero-order chi connectivity index (χ0) is 21.2. The molecule has 0 aliphatic heterocycles. The fourth-order valence-electron chi connectivity index (χ4n) is 2.80. The molecule has 0 radical (unpaired) electrons. The average molecular weight is 447 g/mol. The van der Waals surface area contributed by atoms with Crippen LogP contribution in [0.15, 0.2) is 94.8 Å². The van der Waals surface area contributed by atoms with Crippen LogP contribution in [0.5, 0.6) is 0 Å². The van der Waals surface area contributed by atoms with E-state index in [0.717, 1.165) is 56.3 Å². The first-order valence-corrected chi connectivity index (χ1v) is 10.3. The van der Waals surface area contributed by atoms with Gasteiger partial charge in [-0.25, -0.2) is 15.1 Å². The van der Waals surface area contributed by atoms with E-state index in [2.05, 4.69) is 42.1 Å². The quantitative estimate of drug-likeness (QED) is 0.218. The minimum atomic E-state index is 0.691. The molecule has 0 fully saturated rings. The number of hydrogen-bond donors (Lipinski definition) is 2. The summed E-state index contributed by atoms with van der Waals surface area (Å²) < 4.78 is 11.2. The molecule has 3 rings (SSSR count). The molecule has 2 aromatic carbocycles. The van der Waals surface area contributed by atoms with Gasteiger partial charge in [-0.3, -0.25) is 0 Å². The van der Waals surface area contributed by atoms with Gasteiger partial charge in [0.2, 0.25) is 5.71 Å². The van der Waals surface area contributed by atoms with Gasteiger partial charge in [-0.15, -0.1) is 8.67 Å². The van der Waals surface area contributed by atoms with Crippen molar-refractivity contribution in [2.75, 3.05) is 0 Å². The zero-order valence-electron chi connectivity index (χ0n) is 15.8. The van der Waals surface area contributed by atoms with E-state index in [9.17, 15) is 0 Å². The molecule has 0 unspecified atom stereocenters. The van der Waals surface area contributed by atoms with Crippen LogP contribution in [0.1, 0.15) is 11.1 Å². The van der Waals surface area contributed by atoms with Crippen molar-refractivity contribution in [2.24, 2.45) is 0 Å². The standard InChI is InChI=1S/C21H19NO6S2/c1-16-2-8-19(9-3-16)22(14-17-4-10-20(11-5-17)29-27-25-23)15-18-6-12-21(13-7-18)30-28-26-24/h2-13H,1,14-15H2,(H-,23,24)/p+1. The van der Waals surface area contributed by atoms with Gasteiger partial charge in [0.25, 0.3) is 0 Å². The molecule has 1 aliphatic carbocycles. The molecule has 0 spiro atoms. The van der Waals surface area contributed by atoms with Crippen molar-refractivity contribution in [1.29, 1.82) is 0 Å². The molecule has 156 valence electrons. The molecule has 0 bridgehead atoms. The second kappa shape index (κ2) is 11.8. The normalized spacial score (nSPS) is 13.1. The lowest BCUT2D eigenvalue weighted by Gasteiger charge is -2.10. The van der Waals surface area contributed by atoms with Gasteiger partial charge in [0.1, 0.15) is 0 Å². The highest BCUT2D eigenvalue weighted by atomic mass is 32.2. The molecule has 2 N–H and O–H groups in total. The summed E-state index contributed by atoms with van der Waals surface area (Å²) in [6.07, 6.45) is 8.08. The van der Waals surface area contributed by atoms with Crippen molar-refractivity contribution in [3.05, 3.63) is 96.1 Å². The lowest BCUT2D eigenvalue weighted by atomic mass is 10.1. The number of hydrogen-bond acceptors (Lipinski definition) is 8. The first kappa shape index (κ1) is 22.5. The maximum Gasteiger partial charge on any atom is 0.200 e. The largest absolute Gasteiger partial charge is 0.221 e. The summed E-state index contributed by atoms with van der Waals surface area (Å²) in [6, 6.07) is 15.6. The van der Waals surface area contributed by atoms with Gasteiger partial charge in [0.05, 0.1) is 24.1 Å². The van der Waals surface area contributed by atoms with Crippen molar-refractivity contribution >= 4 is 29.8 Å². The van der Waals surface area contributed by atoms with Crippen molar-refractivity contribution < 1.29 is 33.8 Å². The van der Waals surface area contributed by atoms with Crippen LogP contribution in [-0.2, 0) is 31.8 Å². The first-order chi connectivity index (χ1) is 14.7. The Morgan fingerprint density at radius 1 is 0.700 bits per heavy atom. The molecule has 0 saturated heterocycles. The Labute approximate surface area is 182 Å². The predicted octanol–water partition coefficient (Wildman–Crippen LogP) is 5.38. The number of allylic oxidation sites excluding steroid dienone is 5. The lowest BCUT2D eigenvalue weighted by Crippen LogP contribution is -2.19. The maximum atomic E-state index is 8.27. The number of rotatable bonds is 10. The van der Waals surface area contributed by atoms with Crippen LogP contribution in [0.3, 0.4) is 0 Å². The van der Waals surface area contributed by atoms with Crippen LogP contribution in [0.4, 0.5) is 0 Å². The molecular weight excluding hydrogens is 426 g/mol. The minimum absolute atomic E-state index is 0.691. The van der Waals surface area contributed by atoms with Gasteiger partial charge in [-0.05, 0) is 42.0 Å². The molecule has 2 aromatic rings. The molecular formula is C21H20NO6S2+. The van der Waals surface area contributed by atoms with Crippen molar-refractivity contribution in [3.63, 3.8) is 0 Å². The van der Waals surface area contributed by atoms with Crippen LogP contribution in [0.2, 0.25) is 0 Å². The topological polar surface area (TPSA) is 80.4 Å². The Morgan fingerprint density at radius 3 is 1.53 bits per heavy atom. The summed E-state index contributed by atoms with van der Waals surface area (Å²) in [5.41, 5.74) is 4.26. The number of nitrogens with zero attached hydrogens (tertiary/aromatic N) is 1. The summed E-state index contributed by atoms with van der Waals surface area (Å²) in [7, 11) is 0. The second-order valence-electron chi connectivity index (χ2n) is 6.26. The highest BCUT2D eigenvalue weighted by Gasteiger charge is 2.15. The molecule has 0 atom stereocenters. The Kier molecular flexibility index (Phi) is 8.87. The van der Waals surface area contributed by atoms with Gasteiger partial charge in [-0.1, -0.05) is 40.9 Å². The second-order valence-corrected chi connectivity index (χ2v) is 7.81. The fourth-order valence-corrected chi connectivity index (χ4v) is 3.51. The van der Waals surface area contributed by atoms with E-state index in [0.29, 0.717) is 13.1 Å². The van der Waals surface area contributed by atoms with Crippen molar-refractivity contribution in [1.82, 2.24) is 0 Å². The highest BCUT2D eigenvalue weighted by Crippen LogP contribution is 2.22. The smallest absolute Gasteiger partial charge is 0.200 e. The third kappa shape index (κ3) is 6.94. The van der Waals surface area contributed by atoms with Gasteiger partial charge in [-0.2, -0.15) is 0 Å². The molecule has 7 nitrogen and oxygen atoms in total. The van der Waals surface area contributed by atoms with Crippen LogP contribution >= 0.6 is 24.1 Å². The van der Waals surface area contributed by atoms with Gasteiger partial charge < -0.3 is 0 Å². The van der Waals surface area contributed by atoms with E-state index in [1.165, 1.54) is 0 Å². The van der Waals surface area contributed by atoms with E-state index in [1.54, 1.807) is 0 Å². The van der Waals surface area contributed by atoms with Crippen molar-refractivity contribution in [2.45, 2.75) is 22.9 Å². The SMILES string of the molecule is C=C1C=CC(=[N+](Cc2ccc(SOOO)cc2)Cc2ccc(SOOO)cc2)C=C1. The molecule has 0 saturated carbocycles. The Bertz CT molecular complexity index is 865. The van der Waals surface area contributed by atoms with Crippen LogP contribution in [0.25, 0.3) is 0 Å².